The average molecular weight is 313 g/mol. The van der Waals surface area contributed by atoms with E-state index < -0.39 is 0 Å². The number of hydrogen-bond acceptors (Lipinski definition) is 3. The van der Waals surface area contributed by atoms with Gasteiger partial charge in [-0.2, -0.15) is 0 Å². The van der Waals surface area contributed by atoms with Gasteiger partial charge in [-0.15, -0.1) is 12.4 Å². The predicted molar refractivity (Wildman–Crippen MR) is 86.7 cm³/mol. The van der Waals surface area contributed by atoms with E-state index in [1.54, 1.807) is 7.11 Å². The van der Waals surface area contributed by atoms with Crippen molar-refractivity contribution in [2.24, 2.45) is 5.73 Å². The zero-order valence-corrected chi connectivity index (χ0v) is 13.3. The van der Waals surface area contributed by atoms with Crippen molar-refractivity contribution in [1.82, 2.24) is 4.90 Å². The highest BCUT2D eigenvalue weighted by Crippen LogP contribution is 2.26. The number of nitrogens with zero attached hydrogens (tertiary/aromatic N) is 1. The van der Waals surface area contributed by atoms with Crippen LogP contribution in [-0.2, 0) is 9.53 Å². The third-order valence-electron chi connectivity index (χ3n) is 3.93. The lowest BCUT2D eigenvalue weighted by Gasteiger charge is -2.16. The number of nitrogens with two attached hydrogens (primary N) is 1. The summed E-state index contributed by atoms with van der Waals surface area (Å²) in [6.07, 6.45) is 2.41. The summed E-state index contributed by atoms with van der Waals surface area (Å²) in [6, 6.07) is 10.3. The van der Waals surface area contributed by atoms with Gasteiger partial charge in [-0.25, -0.2) is 0 Å². The van der Waals surface area contributed by atoms with Gasteiger partial charge in [0.2, 0.25) is 5.91 Å². The summed E-state index contributed by atoms with van der Waals surface area (Å²) >= 11 is 0. The van der Waals surface area contributed by atoms with E-state index in [9.17, 15) is 4.79 Å². The van der Waals surface area contributed by atoms with Gasteiger partial charge >= 0.3 is 0 Å². The molecule has 5 heteroatoms. The lowest BCUT2D eigenvalue weighted by Crippen LogP contribution is -2.32. The Bertz CT molecular complexity index is 428. The van der Waals surface area contributed by atoms with Crippen molar-refractivity contribution < 1.29 is 9.53 Å². The highest BCUT2D eigenvalue weighted by Gasteiger charge is 2.33. The molecule has 1 amide bonds. The maximum absolute atomic E-state index is 12.2. The van der Waals surface area contributed by atoms with Crippen LogP contribution in [0.25, 0.3) is 0 Å². The smallest absolute Gasteiger partial charge is 0.222 e. The maximum atomic E-state index is 12.2. The first kappa shape index (κ1) is 18.0. The van der Waals surface area contributed by atoms with Gasteiger partial charge in [0.25, 0.3) is 0 Å². The van der Waals surface area contributed by atoms with Gasteiger partial charge in [0.1, 0.15) is 0 Å². The van der Waals surface area contributed by atoms with Gasteiger partial charge < -0.3 is 15.4 Å². The van der Waals surface area contributed by atoms with Crippen molar-refractivity contribution in [2.75, 3.05) is 26.8 Å². The Morgan fingerprint density at radius 1 is 1.29 bits per heavy atom. The summed E-state index contributed by atoms with van der Waals surface area (Å²) < 4.78 is 5.00. The molecule has 0 saturated carbocycles. The first-order chi connectivity index (χ1) is 9.72. The van der Waals surface area contributed by atoms with E-state index in [0.29, 0.717) is 13.0 Å². The Labute approximate surface area is 133 Å². The monoisotopic (exact) mass is 312 g/mol. The number of ether oxygens (including phenoxy) is 1. The fraction of sp³-hybridized carbons (Fsp3) is 0.562. The summed E-state index contributed by atoms with van der Waals surface area (Å²) in [4.78, 5) is 14.1. The minimum Gasteiger partial charge on any atom is -0.385 e. The first-order valence-corrected chi connectivity index (χ1v) is 7.29. The van der Waals surface area contributed by atoms with Crippen molar-refractivity contribution in [3.05, 3.63) is 35.9 Å². The minimum absolute atomic E-state index is 0. The summed E-state index contributed by atoms with van der Waals surface area (Å²) in [5.74, 6) is 0.481. The van der Waals surface area contributed by atoms with E-state index in [1.165, 1.54) is 5.56 Å². The number of rotatable bonds is 6. The van der Waals surface area contributed by atoms with E-state index in [2.05, 4.69) is 12.1 Å². The van der Waals surface area contributed by atoms with E-state index in [4.69, 9.17) is 10.5 Å². The molecule has 1 aromatic rings. The van der Waals surface area contributed by atoms with Crippen molar-refractivity contribution in [1.29, 1.82) is 0 Å². The highest BCUT2D eigenvalue weighted by molar-refractivity contribution is 5.85. The van der Waals surface area contributed by atoms with Gasteiger partial charge in [0.15, 0.2) is 0 Å². The topological polar surface area (TPSA) is 55.6 Å². The molecule has 1 fully saturated rings. The molecule has 118 valence electrons. The van der Waals surface area contributed by atoms with Crippen LogP contribution in [0.5, 0.6) is 0 Å². The number of hydrogen-bond donors (Lipinski definition) is 1. The van der Waals surface area contributed by atoms with Gasteiger partial charge in [0.05, 0.1) is 0 Å². The predicted octanol–water partition coefficient (Wildman–Crippen LogP) is 2.18. The molecular weight excluding hydrogens is 288 g/mol. The molecule has 0 aromatic heterocycles. The number of carbonyl (C=O) groups excluding carboxylic acids is 1. The molecule has 1 saturated heterocycles. The van der Waals surface area contributed by atoms with Crippen LogP contribution in [-0.4, -0.2) is 43.7 Å². The third kappa shape index (κ3) is 4.99. The Kier molecular flexibility index (Phi) is 7.72. The van der Waals surface area contributed by atoms with E-state index >= 15 is 0 Å². The molecular formula is C16H25ClN2O2. The van der Waals surface area contributed by atoms with Gasteiger partial charge in [-0.3, -0.25) is 4.79 Å². The molecule has 0 aliphatic carbocycles. The normalized spacial score (nSPS) is 21.1. The van der Waals surface area contributed by atoms with Crippen LogP contribution in [0, 0.1) is 0 Å². The van der Waals surface area contributed by atoms with Crippen LogP contribution in [0.2, 0.25) is 0 Å². The van der Waals surface area contributed by atoms with Crippen LogP contribution in [0.1, 0.15) is 30.7 Å². The molecule has 1 aromatic carbocycles. The molecule has 21 heavy (non-hydrogen) atoms. The number of carbonyl (C=O) groups is 1. The Balaban J connectivity index is 0.00000220. The molecule has 0 spiro atoms. The van der Waals surface area contributed by atoms with E-state index in [1.807, 2.05) is 23.1 Å². The molecule has 0 bridgehead atoms. The van der Waals surface area contributed by atoms with Crippen LogP contribution >= 0.6 is 12.4 Å². The summed E-state index contributed by atoms with van der Waals surface area (Å²) in [6.45, 7) is 2.14. The van der Waals surface area contributed by atoms with Crippen LogP contribution in [0.3, 0.4) is 0 Å². The van der Waals surface area contributed by atoms with Crippen molar-refractivity contribution in [3.63, 3.8) is 0 Å². The Morgan fingerprint density at radius 3 is 2.67 bits per heavy atom. The molecule has 2 N–H and O–H groups in total. The molecule has 2 rings (SSSR count). The zero-order chi connectivity index (χ0) is 14.4. The molecule has 1 aliphatic heterocycles. The second-order valence-electron chi connectivity index (χ2n) is 5.43. The van der Waals surface area contributed by atoms with E-state index in [0.717, 1.165) is 26.0 Å². The number of unbranched alkanes of at least 4 members (excludes halogenated alkanes) is 1. The zero-order valence-electron chi connectivity index (χ0n) is 12.5. The molecule has 2 atom stereocenters. The molecule has 1 heterocycles. The third-order valence-corrected chi connectivity index (χ3v) is 3.93. The molecule has 1 aliphatic rings. The standard InChI is InChI=1S/C16H24N2O2.ClH/c1-20-10-6-5-9-16(19)18-11-14(15(17)12-18)13-7-3-2-4-8-13;/h2-4,7-8,14-15H,5-6,9-12,17H2,1H3;1H/t14-,15+;/m0./s1. The Hall–Kier alpha value is -1.10. The second kappa shape index (κ2) is 9.03. The maximum Gasteiger partial charge on any atom is 0.222 e. The van der Waals surface area contributed by atoms with Crippen LogP contribution in [0.15, 0.2) is 30.3 Å². The summed E-state index contributed by atoms with van der Waals surface area (Å²) in [5, 5.41) is 0. The van der Waals surface area contributed by atoms with Crippen molar-refractivity contribution in [2.45, 2.75) is 31.2 Å². The number of amides is 1. The Morgan fingerprint density at radius 2 is 2.00 bits per heavy atom. The number of likely N-dealkylation sites (tertiary alicyclic amines) is 1. The van der Waals surface area contributed by atoms with Crippen LogP contribution < -0.4 is 5.73 Å². The highest BCUT2D eigenvalue weighted by atomic mass is 35.5. The second-order valence-corrected chi connectivity index (χ2v) is 5.43. The van der Waals surface area contributed by atoms with Crippen molar-refractivity contribution in [3.8, 4) is 0 Å². The average Bonchev–Trinajstić information content (AvgIpc) is 2.86. The van der Waals surface area contributed by atoms with Crippen LogP contribution in [0.4, 0.5) is 0 Å². The number of halogens is 1. The summed E-state index contributed by atoms with van der Waals surface area (Å²) in [5.41, 5.74) is 7.43. The lowest BCUT2D eigenvalue weighted by atomic mass is 9.95. The molecule has 4 nitrogen and oxygen atoms in total. The van der Waals surface area contributed by atoms with Gasteiger partial charge in [0, 0.05) is 45.2 Å². The van der Waals surface area contributed by atoms with Gasteiger partial charge in [-0.05, 0) is 18.4 Å². The minimum atomic E-state index is 0. The van der Waals surface area contributed by atoms with Gasteiger partial charge in [-0.1, -0.05) is 30.3 Å². The fourth-order valence-electron chi connectivity index (χ4n) is 2.77. The largest absolute Gasteiger partial charge is 0.385 e. The summed E-state index contributed by atoms with van der Waals surface area (Å²) in [7, 11) is 1.69. The van der Waals surface area contributed by atoms with E-state index in [-0.39, 0.29) is 30.3 Å². The molecule has 0 radical (unpaired) electrons. The lowest BCUT2D eigenvalue weighted by molar-refractivity contribution is -0.130. The SMILES string of the molecule is COCCCCC(=O)N1C[C@@H](N)[C@H](c2ccccc2)C1.Cl. The molecule has 0 unspecified atom stereocenters. The van der Waals surface area contributed by atoms with Crippen molar-refractivity contribution >= 4 is 18.3 Å². The quantitative estimate of drug-likeness (QED) is 0.819. The number of methoxy groups -OCH3 is 1. The number of benzene rings is 1. The fourth-order valence-corrected chi connectivity index (χ4v) is 2.77. The first-order valence-electron chi connectivity index (χ1n) is 7.29.